The van der Waals surface area contributed by atoms with Crippen LogP contribution in [0.5, 0.6) is 0 Å². The Balaban J connectivity index is 2.28. The Kier molecular flexibility index (Phi) is 3.78. The lowest BCUT2D eigenvalue weighted by molar-refractivity contribution is 0.616. The van der Waals surface area contributed by atoms with Crippen LogP contribution in [0.15, 0.2) is 60.8 Å². The highest BCUT2D eigenvalue weighted by Crippen LogP contribution is 2.34. The summed E-state index contributed by atoms with van der Waals surface area (Å²) >= 11 is 0. The topological polar surface area (TPSA) is 12.9 Å². The van der Waals surface area contributed by atoms with Crippen LogP contribution >= 0.6 is 0 Å². The SMILES string of the molecule is CCc1c[c]c(-c2ccccn2)c(-c2ccccc2)c1F. The van der Waals surface area contributed by atoms with E-state index in [2.05, 4.69) is 11.1 Å². The zero-order chi connectivity index (χ0) is 14.7. The number of pyridine rings is 1. The van der Waals surface area contributed by atoms with Crippen LogP contribution in [-0.2, 0) is 6.42 Å². The summed E-state index contributed by atoms with van der Waals surface area (Å²) in [4.78, 5) is 4.33. The molecule has 0 aliphatic carbocycles. The summed E-state index contributed by atoms with van der Waals surface area (Å²) < 4.78 is 14.9. The van der Waals surface area contributed by atoms with Gasteiger partial charge in [-0.3, -0.25) is 4.98 Å². The maximum Gasteiger partial charge on any atom is 0.134 e. The van der Waals surface area contributed by atoms with Gasteiger partial charge in [-0.25, -0.2) is 4.39 Å². The number of hydrogen-bond acceptors (Lipinski definition) is 1. The molecule has 2 aromatic carbocycles. The number of hydrogen-bond donors (Lipinski definition) is 0. The molecule has 0 saturated heterocycles. The number of halogens is 1. The third-order valence-corrected chi connectivity index (χ3v) is 3.51. The van der Waals surface area contributed by atoms with Crippen molar-refractivity contribution in [3.8, 4) is 22.4 Å². The molecule has 0 fully saturated rings. The molecule has 0 bridgehead atoms. The molecule has 3 rings (SSSR count). The number of aryl methyl sites for hydroxylation is 1. The zero-order valence-electron chi connectivity index (χ0n) is 11.8. The second kappa shape index (κ2) is 5.88. The highest BCUT2D eigenvalue weighted by Gasteiger charge is 2.16. The van der Waals surface area contributed by atoms with E-state index in [1.807, 2.05) is 55.5 Å². The molecule has 2 heteroatoms. The Morgan fingerprint density at radius 1 is 1.05 bits per heavy atom. The first-order chi connectivity index (χ1) is 10.3. The molecule has 0 atom stereocenters. The summed E-state index contributed by atoms with van der Waals surface area (Å²) in [7, 11) is 0. The van der Waals surface area contributed by atoms with Crippen molar-refractivity contribution in [1.29, 1.82) is 0 Å². The maximum atomic E-state index is 14.9. The predicted octanol–water partition coefficient (Wildman–Crippen LogP) is 4.92. The molecule has 0 saturated carbocycles. The van der Waals surface area contributed by atoms with Crippen LogP contribution in [0.1, 0.15) is 12.5 Å². The van der Waals surface area contributed by atoms with Gasteiger partial charge < -0.3 is 0 Å². The molecule has 103 valence electrons. The quantitative estimate of drug-likeness (QED) is 0.662. The average molecular weight is 276 g/mol. The van der Waals surface area contributed by atoms with Gasteiger partial charge in [0.05, 0.1) is 5.69 Å². The Hall–Kier alpha value is -2.48. The second-order valence-electron chi connectivity index (χ2n) is 4.81. The van der Waals surface area contributed by atoms with E-state index in [1.54, 1.807) is 12.3 Å². The molecular weight excluding hydrogens is 261 g/mol. The molecule has 21 heavy (non-hydrogen) atoms. The van der Waals surface area contributed by atoms with Crippen LogP contribution in [0.3, 0.4) is 0 Å². The maximum absolute atomic E-state index is 14.9. The van der Waals surface area contributed by atoms with Gasteiger partial charge in [0.2, 0.25) is 0 Å². The summed E-state index contributed by atoms with van der Waals surface area (Å²) in [6, 6.07) is 20.1. The van der Waals surface area contributed by atoms with Gasteiger partial charge in [-0.05, 0) is 41.8 Å². The molecule has 1 radical (unpaired) electrons. The Labute approximate surface area is 124 Å². The minimum absolute atomic E-state index is 0.178. The van der Waals surface area contributed by atoms with Crippen molar-refractivity contribution in [3.63, 3.8) is 0 Å². The van der Waals surface area contributed by atoms with Gasteiger partial charge in [0, 0.05) is 17.3 Å². The van der Waals surface area contributed by atoms with Crippen molar-refractivity contribution in [2.45, 2.75) is 13.3 Å². The number of aromatic nitrogens is 1. The largest absolute Gasteiger partial charge is 0.256 e. The predicted molar refractivity (Wildman–Crippen MR) is 83.3 cm³/mol. The van der Waals surface area contributed by atoms with Crippen molar-refractivity contribution in [2.24, 2.45) is 0 Å². The van der Waals surface area contributed by atoms with Gasteiger partial charge in [-0.2, -0.15) is 0 Å². The van der Waals surface area contributed by atoms with Crippen molar-refractivity contribution < 1.29 is 4.39 Å². The van der Waals surface area contributed by atoms with Crippen molar-refractivity contribution in [1.82, 2.24) is 4.98 Å². The Morgan fingerprint density at radius 3 is 2.48 bits per heavy atom. The van der Waals surface area contributed by atoms with E-state index in [1.165, 1.54) is 0 Å². The first-order valence-electron chi connectivity index (χ1n) is 7.01. The normalized spacial score (nSPS) is 10.6. The number of nitrogens with zero attached hydrogens (tertiary/aromatic N) is 1. The van der Waals surface area contributed by atoms with E-state index in [4.69, 9.17) is 0 Å². The monoisotopic (exact) mass is 276 g/mol. The van der Waals surface area contributed by atoms with E-state index in [9.17, 15) is 4.39 Å². The molecule has 1 nitrogen and oxygen atoms in total. The highest BCUT2D eigenvalue weighted by molar-refractivity contribution is 5.82. The zero-order valence-corrected chi connectivity index (χ0v) is 11.8. The fraction of sp³-hybridized carbons (Fsp3) is 0.105. The van der Waals surface area contributed by atoms with E-state index in [0.29, 0.717) is 23.1 Å². The minimum atomic E-state index is -0.178. The molecule has 1 heterocycles. The fourth-order valence-corrected chi connectivity index (χ4v) is 2.41. The molecule has 0 N–H and O–H groups in total. The average Bonchev–Trinajstić information content (AvgIpc) is 2.56. The van der Waals surface area contributed by atoms with Crippen LogP contribution < -0.4 is 0 Å². The van der Waals surface area contributed by atoms with Crippen molar-refractivity contribution in [2.75, 3.05) is 0 Å². The second-order valence-corrected chi connectivity index (χ2v) is 4.81. The third-order valence-electron chi connectivity index (χ3n) is 3.51. The number of benzene rings is 2. The molecule has 0 unspecified atom stereocenters. The van der Waals surface area contributed by atoms with E-state index >= 15 is 0 Å². The first kappa shape index (κ1) is 13.5. The fourth-order valence-electron chi connectivity index (χ4n) is 2.41. The van der Waals surface area contributed by atoms with Crippen molar-refractivity contribution >= 4 is 0 Å². The van der Waals surface area contributed by atoms with Gasteiger partial charge in [-0.15, -0.1) is 0 Å². The van der Waals surface area contributed by atoms with Crippen LogP contribution in [0.4, 0.5) is 4.39 Å². The van der Waals surface area contributed by atoms with Crippen LogP contribution in [0.2, 0.25) is 0 Å². The smallest absolute Gasteiger partial charge is 0.134 e. The molecule has 0 aliphatic rings. The molecule has 3 aromatic rings. The molecule has 1 aromatic heterocycles. The van der Waals surface area contributed by atoms with Crippen LogP contribution in [-0.4, -0.2) is 4.98 Å². The lowest BCUT2D eigenvalue weighted by Gasteiger charge is -2.13. The minimum Gasteiger partial charge on any atom is -0.256 e. The van der Waals surface area contributed by atoms with Gasteiger partial charge >= 0.3 is 0 Å². The van der Waals surface area contributed by atoms with Crippen molar-refractivity contribution in [3.05, 3.63) is 78.2 Å². The Morgan fingerprint density at radius 2 is 1.81 bits per heavy atom. The summed E-state index contributed by atoms with van der Waals surface area (Å²) in [5.41, 5.74) is 3.54. The summed E-state index contributed by atoms with van der Waals surface area (Å²) in [6.07, 6.45) is 2.36. The Bertz CT molecular complexity index is 736. The lowest BCUT2D eigenvalue weighted by Crippen LogP contribution is -1.97. The molecular formula is C19H15FN. The van der Waals surface area contributed by atoms with Crippen LogP contribution in [0, 0.1) is 11.9 Å². The van der Waals surface area contributed by atoms with Gasteiger partial charge in [-0.1, -0.05) is 43.3 Å². The summed E-state index contributed by atoms with van der Waals surface area (Å²) in [5, 5.41) is 0. The van der Waals surface area contributed by atoms with E-state index < -0.39 is 0 Å². The third kappa shape index (κ3) is 2.57. The van der Waals surface area contributed by atoms with E-state index in [-0.39, 0.29) is 5.82 Å². The van der Waals surface area contributed by atoms with Gasteiger partial charge in [0.25, 0.3) is 0 Å². The van der Waals surface area contributed by atoms with Crippen LogP contribution in [0.25, 0.3) is 22.4 Å². The highest BCUT2D eigenvalue weighted by atomic mass is 19.1. The lowest BCUT2D eigenvalue weighted by atomic mass is 9.93. The standard InChI is InChI=1S/C19H15FN/c1-2-14-11-12-16(17-10-6-7-13-21-17)18(19(14)20)15-8-4-3-5-9-15/h3-11,13H,2H2,1H3. The molecule has 0 aliphatic heterocycles. The first-order valence-corrected chi connectivity index (χ1v) is 7.01. The van der Waals surface area contributed by atoms with E-state index in [0.717, 1.165) is 11.3 Å². The van der Waals surface area contributed by atoms with Gasteiger partial charge in [0.15, 0.2) is 0 Å². The summed E-state index contributed by atoms with van der Waals surface area (Å²) in [6.45, 7) is 1.95. The number of rotatable bonds is 3. The molecule has 0 spiro atoms. The summed E-state index contributed by atoms with van der Waals surface area (Å²) in [5.74, 6) is -0.178. The van der Waals surface area contributed by atoms with Gasteiger partial charge in [0.1, 0.15) is 5.82 Å². The molecule has 0 amide bonds.